The molecule has 8 heteroatoms. The lowest BCUT2D eigenvalue weighted by Gasteiger charge is -2.10. The summed E-state index contributed by atoms with van der Waals surface area (Å²) < 4.78 is 29.7. The lowest BCUT2D eigenvalue weighted by atomic mass is 10.2. The van der Waals surface area contributed by atoms with Crippen LogP contribution in [0.5, 0.6) is 5.75 Å². The van der Waals surface area contributed by atoms with Crippen molar-refractivity contribution in [1.29, 1.82) is 0 Å². The van der Waals surface area contributed by atoms with Crippen LogP contribution in [0.15, 0.2) is 47.4 Å². The van der Waals surface area contributed by atoms with E-state index in [2.05, 4.69) is 5.32 Å². The van der Waals surface area contributed by atoms with Crippen molar-refractivity contribution in [2.45, 2.75) is 11.8 Å². The summed E-state index contributed by atoms with van der Waals surface area (Å²) in [6.07, 6.45) is 0. The van der Waals surface area contributed by atoms with Crippen molar-refractivity contribution in [1.82, 2.24) is 0 Å². The number of anilines is 1. The number of hydrogen-bond acceptors (Lipinski definition) is 5. The third-order valence-electron chi connectivity index (χ3n) is 2.95. The van der Waals surface area contributed by atoms with Crippen LogP contribution in [-0.2, 0) is 14.9 Å². The maximum Gasteiger partial charge on any atom is 0.339 e. The number of aryl methyl sites for hydroxylation is 1. The van der Waals surface area contributed by atoms with E-state index in [0.29, 0.717) is 16.3 Å². The second-order valence-corrected chi connectivity index (χ2v) is 6.71. The molecule has 0 aliphatic heterocycles. The van der Waals surface area contributed by atoms with Gasteiger partial charge in [0.1, 0.15) is 10.6 Å². The Morgan fingerprint density at radius 3 is 2.43 bits per heavy atom. The lowest BCUT2D eigenvalue weighted by molar-refractivity contribution is -0.114. The highest BCUT2D eigenvalue weighted by Crippen LogP contribution is 2.25. The largest absolute Gasteiger partial charge is 0.379 e. The van der Waals surface area contributed by atoms with Crippen LogP contribution in [0.25, 0.3) is 0 Å². The van der Waals surface area contributed by atoms with Gasteiger partial charge in [-0.2, -0.15) is 8.42 Å². The molecule has 1 amide bonds. The summed E-state index contributed by atoms with van der Waals surface area (Å²) in [5.74, 6) is -0.163. The van der Waals surface area contributed by atoms with E-state index in [1.165, 1.54) is 30.3 Å². The number of amides is 1. The molecule has 0 bridgehead atoms. The molecule has 0 heterocycles. The second-order valence-electron chi connectivity index (χ2n) is 4.72. The number of nitrogens with two attached hydrogens (primary N) is 1. The molecule has 2 aromatic rings. The van der Waals surface area contributed by atoms with E-state index in [1.54, 1.807) is 19.1 Å². The van der Waals surface area contributed by atoms with Crippen LogP contribution < -0.4 is 15.2 Å². The van der Waals surface area contributed by atoms with Crippen LogP contribution in [0.2, 0.25) is 5.02 Å². The molecule has 0 saturated heterocycles. The van der Waals surface area contributed by atoms with Gasteiger partial charge in [-0.3, -0.25) is 4.79 Å². The van der Waals surface area contributed by atoms with Gasteiger partial charge in [0.05, 0.1) is 6.54 Å². The first-order valence-corrected chi connectivity index (χ1v) is 8.41. The molecule has 2 rings (SSSR count). The van der Waals surface area contributed by atoms with Gasteiger partial charge in [0, 0.05) is 10.7 Å². The molecule has 23 heavy (non-hydrogen) atoms. The first kappa shape index (κ1) is 17.3. The van der Waals surface area contributed by atoms with Gasteiger partial charge in [-0.15, -0.1) is 0 Å². The van der Waals surface area contributed by atoms with E-state index in [4.69, 9.17) is 21.5 Å². The highest BCUT2D eigenvalue weighted by molar-refractivity contribution is 7.87. The summed E-state index contributed by atoms with van der Waals surface area (Å²) in [7, 11) is -3.98. The summed E-state index contributed by atoms with van der Waals surface area (Å²) in [5.41, 5.74) is 6.24. The second kappa shape index (κ2) is 6.99. The fourth-order valence-electron chi connectivity index (χ4n) is 1.79. The molecule has 0 aliphatic carbocycles. The minimum atomic E-state index is -3.98. The van der Waals surface area contributed by atoms with Crippen molar-refractivity contribution in [3.05, 3.63) is 53.1 Å². The molecule has 3 N–H and O–H groups in total. The number of carbonyl (C=O) groups excluding carboxylic acids is 1. The Balaban J connectivity index is 2.20. The topological polar surface area (TPSA) is 98.5 Å². The van der Waals surface area contributed by atoms with Gasteiger partial charge < -0.3 is 15.2 Å². The summed E-state index contributed by atoms with van der Waals surface area (Å²) in [4.78, 5) is 11.1. The van der Waals surface area contributed by atoms with Gasteiger partial charge in [-0.05, 0) is 55.0 Å². The third kappa shape index (κ3) is 4.44. The summed E-state index contributed by atoms with van der Waals surface area (Å²) in [6, 6.07) is 10.2. The number of hydrogen-bond donors (Lipinski definition) is 2. The van der Waals surface area contributed by atoms with Gasteiger partial charge in [0.2, 0.25) is 5.91 Å². The predicted molar refractivity (Wildman–Crippen MR) is 88.1 cm³/mol. The van der Waals surface area contributed by atoms with E-state index in [0.717, 1.165) is 0 Å². The number of halogens is 1. The van der Waals surface area contributed by atoms with E-state index >= 15 is 0 Å². The van der Waals surface area contributed by atoms with Crippen LogP contribution in [0.1, 0.15) is 5.56 Å². The molecule has 0 fully saturated rings. The van der Waals surface area contributed by atoms with E-state index in [-0.39, 0.29) is 23.1 Å². The van der Waals surface area contributed by atoms with Gasteiger partial charge in [-0.25, -0.2) is 0 Å². The maximum absolute atomic E-state index is 12.3. The van der Waals surface area contributed by atoms with Crippen molar-refractivity contribution >= 4 is 33.3 Å². The van der Waals surface area contributed by atoms with Crippen molar-refractivity contribution in [2.75, 3.05) is 11.9 Å². The van der Waals surface area contributed by atoms with Gasteiger partial charge in [0.15, 0.2) is 0 Å². The summed E-state index contributed by atoms with van der Waals surface area (Å²) >= 11 is 5.83. The molecular weight excluding hydrogens is 340 g/mol. The number of rotatable bonds is 5. The fraction of sp³-hybridized carbons (Fsp3) is 0.133. The van der Waals surface area contributed by atoms with Crippen molar-refractivity contribution in [3.8, 4) is 5.75 Å². The molecule has 122 valence electrons. The van der Waals surface area contributed by atoms with Gasteiger partial charge in [-0.1, -0.05) is 11.6 Å². The summed E-state index contributed by atoms with van der Waals surface area (Å²) in [6.45, 7) is 1.54. The maximum atomic E-state index is 12.3. The Hall–Kier alpha value is -2.09. The smallest absolute Gasteiger partial charge is 0.339 e. The third-order valence-corrected chi connectivity index (χ3v) is 4.43. The summed E-state index contributed by atoms with van der Waals surface area (Å²) in [5, 5.41) is 3.01. The van der Waals surface area contributed by atoms with E-state index in [9.17, 15) is 13.2 Å². The van der Waals surface area contributed by atoms with Crippen LogP contribution in [-0.4, -0.2) is 20.9 Å². The van der Waals surface area contributed by atoms with E-state index in [1.807, 2.05) is 0 Å². The zero-order valence-corrected chi connectivity index (χ0v) is 13.8. The molecular formula is C15H15ClN2O4S. The average Bonchev–Trinajstić information content (AvgIpc) is 2.50. The van der Waals surface area contributed by atoms with Crippen LogP contribution in [0, 0.1) is 6.92 Å². The molecule has 2 aromatic carbocycles. The molecule has 0 saturated carbocycles. The van der Waals surface area contributed by atoms with Crippen LogP contribution in [0.3, 0.4) is 0 Å². The quantitative estimate of drug-likeness (QED) is 0.803. The van der Waals surface area contributed by atoms with Crippen molar-refractivity contribution < 1.29 is 17.4 Å². The van der Waals surface area contributed by atoms with Crippen LogP contribution in [0.4, 0.5) is 5.69 Å². The number of nitrogens with one attached hydrogen (secondary N) is 1. The first-order valence-electron chi connectivity index (χ1n) is 6.62. The van der Waals surface area contributed by atoms with Gasteiger partial charge in [0.25, 0.3) is 0 Å². The zero-order chi connectivity index (χ0) is 17.0. The Labute approximate surface area is 139 Å². The van der Waals surface area contributed by atoms with Crippen molar-refractivity contribution in [2.24, 2.45) is 5.73 Å². The molecule has 0 atom stereocenters. The van der Waals surface area contributed by atoms with Gasteiger partial charge >= 0.3 is 10.1 Å². The first-order chi connectivity index (χ1) is 10.8. The minimum Gasteiger partial charge on any atom is -0.379 e. The number of benzene rings is 2. The molecule has 0 aromatic heterocycles. The normalized spacial score (nSPS) is 11.1. The minimum absolute atomic E-state index is 0.0300. The Kier molecular flexibility index (Phi) is 5.25. The monoisotopic (exact) mass is 354 g/mol. The highest BCUT2D eigenvalue weighted by atomic mass is 35.5. The van der Waals surface area contributed by atoms with Crippen molar-refractivity contribution in [3.63, 3.8) is 0 Å². The zero-order valence-electron chi connectivity index (χ0n) is 12.2. The highest BCUT2D eigenvalue weighted by Gasteiger charge is 2.18. The number of carbonyl (C=O) groups is 1. The molecule has 0 unspecified atom stereocenters. The average molecular weight is 355 g/mol. The Bertz CT molecular complexity index is 820. The van der Waals surface area contributed by atoms with E-state index < -0.39 is 10.1 Å². The predicted octanol–water partition coefficient (Wildman–Crippen LogP) is 2.31. The van der Waals surface area contributed by atoms with Crippen LogP contribution >= 0.6 is 11.6 Å². The Morgan fingerprint density at radius 1 is 1.22 bits per heavy atom. The SMILES string of the molecule is Cc1cc(Cl)ccc1OS(=O)(=O)c1ccc(NC(=O)CN)cc1. The molecule has 0 aliphatic rings. The Morgan fingerprint density at radius 2 is 1.87 bits per heavy atom. The lowest BCUT2D eigenvalue weighted by Crippen LogP contribution is -2.21. The fourth-order valence-corrected chi connectivity index (χ4v) is 3.01. The molecule has 0 radical (unpaired) electrons. The standard InChI is InChI=1S/C15H15ClN2O4S/c1-10-8-11(16)2-7-14(10)22-23(20,21)13-5-3-12(4-6-13)18-15(19)9-17/h2-8H,9,17H2,1H3,(H,18,19). The molecule has 6 nitrogen and oxygen atoms in total. The molecule has 0 spiro atoms.